The number of thiocarbonyl (C=S) groups is 1. The molecule has 1 aromatic heterocycles. The number of nitrogens with one attached hydrogen (secondary N) is 2. The van der Waals surface area contributed by atoms with Crippen molar-refractivity contribution in [2.45, 2.75) is 38.5 Å². The second-order valence-electron chi connectivity index (χ2n) is 9.21. The van der Waals surface area contributed by atoms with Gasteiger partial charge in [-0.1, -0.05) is 0 Å². The normalized spacial score (nSPS) is 28.3. The fourth-order valence-corrected chi connectivity index (χ4v) is 7.19. The summed E-state index contributed by atoms with van der Waals surface area (Å²) < 4.78 is 10.7. The zero-order valence-corrected chi connectivity index (χ0v) is 19.4. The van der Waals surface area contributed by atoms with E-state index in [2.05, 4.69) is 15.6 Å². The standard InChI is InChI=1S/C23H27N3O3S2/c1-28-18-4-3-16(8-19(18)29-2)17-12-31-22(24-17)26-21(30)25-20(27)23-9-13-5-14(10-23)7-15(6-13)11-23/h3-4,8,12-15H,5-7,9-11H2,1-2H3,(H2,24,25,26,27,30). The Labute approximate surface area is 191 Å². The van der Waals surface area contributed by atoms with Gasteiger partial charge in [0.05, 0.1) is 25.3 Å². The number of benzene rings is 1. The maximum atomic E-state index is 13.2. The van der Waals surface area contributed by atoms with E-state index in [1.165, 1.54) is 30.6 Å². The van der Waals surface area contributed by atoms with E-state index in [1.807, 2.05) is 23.6 Å². The zero-order valence-electron chi connectivity index (χ0n) is 17.8. The summed E-state index contributed by atoms with van der Waals surface area (Å²) in [5.74, 6) is 3.60. The third-order valence-electron chi connectivity index (χ3n) is 7.15. The number of anilines is 1. The largest absolute Gasteiger partial charge is 0.493 e. The number of methoxy groups -OCH3 is 2. The molecule has 164 valence electrons. The summed E-state index contributed by atoms with van der Waals surface area (Å²) in [5, 5.41) is 9.01. The lowest BCUT2D eigenvalue weighted by Gasteiger charge is -2.55. The Hall–Kier alpha value is -2.19. The van der Waals surface area contributed by atoms with Crippen LogP contribution in [0.2, 0.25) is 0 Å². The molecule has 6 nitrogen and oxygen atoms in total. The Morgan fingerprint density at radius 2 is 1.74 bits per heavy atom. The van der Waals surface area contributed by atoms with Crippen LogP contribution in [-0.4, -0.2) is 30.2 Å². The van der Waals surface area contributed by atoms with Crippen molar-refractivity contribution in [1.82, 2.24) is 10.3 Å². The first-order valence-corrected chi connectivity index (χ1v) is 12.1. The Morgan fingerprint density at radius 1 is 1.10 bits per heavy atom. The summed E-state index contributed by atoms with van der Waals surface area (Å²) in [7, 11) is 3.22. The molecule has 0 radical (unpaired) electrons. The first-order valence-electron chi connectivity index (χ1n) is 10.8. The number of nitrogens with zero attached hydrogens (tertiary/aromatic N) is 1. The Kier molecular flexibility index (Phi) is 5.38. The number of amides is 1. The summed E-state index contributed by atoms with van der Waals surface area (Å²) in [5.41, 5.74) is 1.52. The van der Waals surface area contributed by atoms with E-state index in [1.54, 1.807) is 14.2 Å². The lowest BCUT2D eigenvalue weighted by molar-refractivity contribution is -0.144. The number of ether oxygens (including phenoxy) is 2. The van der Waals surface area contributed by atoms with Crippen molar-refractivity contribution in [3.8, 4) is 22.8 Å². The molecule has 31 heavy (non-hydrogen) atoms. The van der Waals surface area contributed by atoms with Crippen molar-refractivity contribution in [2.24, 2.45) is 23.2 Å². The molecule has 4 aliphatic carbocycles. The molecule has 4 aliphatic rings. The molecule has 4 saturated carbocycles. The van der Waals surface area contributed by atoms with E-state index >= 15 is 0 Å². The quantitative estimate of drug-likeness (QED) is 0.625. The van der Waals surface area contributed by atoms with Gasteiger partial charge in [-0.05, 0) is 86.7 Å². The minimum Gasteiger partial charge on any atom is -0.493 e. The molecule has 4 bridgehead atoms. The molecule has 2 N–H and O–H groups in total. The Balaban J connectivity index is 1.24. The van der Waals surface area contributed by atoms with E-state index in [0.29, 0.717) is 21.7 Å². The predicted molar refractivity (Wildman–Crippen MR) is 126 cm³/mol. The van der Waals surface area contributed by atoms with Crippen LogP contribution in [-0.2, 0) is 4.79 Å². The summed E-state index contributed by atoms with van der Waals surface area (Å²) >= 11 is 6.90. The summed E-state index contributed by atoms with van der Waals surface area (Å²) in [6, 6.07) is 5.69. The maximum Gasteiger partial charge on any atom is 0.232 e. The van der Waals surface area contributed by atoms with Gasteiger partial charge in [-0.25, -0.2) is 4.98 Å². The van der Waals surface area contributed by atoms with E-state index in [9.17, 15) is 4.79 Å². The van der Waals surface area contributed by atoms with Gasteiger partial charge in [0.15, 0.2) is 21.7 Å². The molecule has 1 amide bonds. The van der Waals surface area contributed by atoms with Gasteiger partial charge in [0.25, 0.3) is 0 Å². The van der Waals surface area contributed by atoms with Crippen molar-refractivity contribution in [2.75, 3.05) is 19.5 Å². The van der Waals surface area contributed by atoms with E-state index in [-0.39, 0.29) is 11.3 Å². The van der Waals surface area contributed by atoms with Crippen LogP contribution in [0.5, 0.6) is 11.5 Å². The number of rotatable bonds is 5. The molecule has 1 heterocycles. The smallest absolute Gasteiger partial charge is 0.232 e. The SMILES string of the molecule is COc1ccc(-c2csc(NC(=S)NC(=O)C34CC5CC(CC(C5)C3)C4)n2)cc1OC. The van der Waals surface area contributed by atoms with Crippen molar-refractivity contribution < 1.29 is 14.3 Å². The lowest BCUT2D eigenvalue weighted by atomic mass is 9.49. The second kappa shape index (κ2) is 8.06. The number of aromatic nitrogens is 1. The molecule has 0 unspecified atom stereocenters. The average molecular weight is 458 g/mol. The van der Waals surface area contributed by atoms with E-state index in [4.69, 9.17) is 21.7 Å². The number of thiazole rings is 1. The molecule has 4 fully saturated rings. The average Bonchev–Trinajstić information content (AvgIpc) is 3.20. The fourth-order valence-electron chi connectivity index (χ4n) is 6.21. The Bertz CT molecular complexity index is 984. The maximum absolute atomic E-state index is 13.2. The fraction of sp³-hybridized carbons (Fsp3) is 0.522. The van der Waals surface area contributed by atoms with Gasteiger partial charge in [0.2, 0.25) is 5.91 Å². The Morgan fingerprint density at radius 3 is 2.35 bits per heavy atom. The van der Waals surface area contributed by atoms with Crippen LogP contribution >= 0.6 is 23.6 Å². The molecule has 2 aromatic rings. The van der Waals surface area contributed by atoms with Crippen LogP contribution < -0.4 is 20.1 Å². The molecule has 1 aromatic carbocycles. The highest BCUT2D eigenvalue weighted by atomic mass is 32.1. The van der Waals surface area contributed by atoms with Gasteiger partial charge >= 0.3 is 0 Å². The van der Waals surface area contributed by atoms with Crippen molar-refractivity contribution in [3.05, 3.63) is 23.6 Å². The van der Waals surface area contributed by atoms with Gasteiger partial charge in [0, 0.05) is 10.9 Å². The third-order valence-corrected chi connectivity index (χ3v) is 8.11. The van der Waals surface area contributed by atoms with Crippen LogP contribution in [0.4, 0.5) is 5.13 Å². The number of hydrogen-bond donors (Lipinski definition) is 2. The van der Waals surface area contributed by atoms with Crippen molar-refractivity contribution in [1.29, 1.82) is 0 Å². The van der Waals surface area contributed by atoms with Gasteiger partial charge in [-0.15, -0.1) is 11.3 Å². The van der Waals surface area contributed by atoms with Gasteiger partial charge < -0.3 is 20.1 Å². The zero-order chi connectivity index (χ0) is 21.6. The van der Waals surface area contributed by atoms with Gasteiger partial charge in [0.1, 0.15) is 0 Å². The molecular formula is C23H27N3O3S2. The summed E-state index contributed by atoms with van der Waals surface area (Å²) in [6.07, 6.45) is 7.00. The third kappa shape index (κ3) is 3.91. The van der Waals surface area contributed by atoms with Gasteiger partial charge in [-0.3, -0.25) is 4.79 Å². The van der Waals surface area contributed by atoms with E-state index in [0.717, 1.165) is 48.3 Å². The minimum atomic E-state index is -0.214. The molecule has 0 spiro atoms. The highest BCUT2D eigenvalue weighted by Gasteiger charge is 2.54. The summed E-state index contributed by atoms with van der Waals surface area (Å²) in [4.78, 5) is 17.8. The van der Waals surface area contributed by atoms with Crippen LogP contribution in [0.1, 0.15) is 38.5 Å². The molecule has 0 atom stereocenters. The molecular weight excluding hydrogens is 430 g/mol. The van der Waals surface area contributed by atoms with Crippen LogP contribution in [0.3, 0.4) is 0 Å². The number of carbonyl (C=O) groups is 1. The highest BCUT2D eigenvalue weighted by molar-refractivity contribution is 7.80. The van der Waals surface area contributed by atoms with Crippen molar-refractivity contribution in [3.63, 3.8) is 0 Å². The lowest BCUT2D eigenvalue weighted by Crippen LogP contribution is -2.55. The molecule has 6 rings (SSSR count). The van der Waals surface area contributed by atoms with Crippen LogP contribution in [0, 0.1) is 23.2 Å². The monoisotopic (exact) mass is 457 g/mol. The summed E-state index contributed by atoms with van der Waals surface area (Å²) in [6.45, 7) is 0. The second-order valence-corrected chi connectivity index (χ2v) is 10.5. The van der Waals surface area contributed by atoms with E-state index < -0.39 is 0 Å². The highest BCUT2D eigenvalue weighted by Crippen LogP contribution is 2.60. The van der Waals surface area contributed by atoms with Crippen LogP contribution in [0.15, 0.2) is 23.6 Å². The first kappa shape index (κ1) is 20.7. The van der Waals surface area contributed by atoms with Crippen molar-refractivity contribution >= 4 is 39.7 Å². The minimum absolute atomic E-state index is 0.0979. The molecule has 8 heteroatoms. The predicted octanol–water partition coefficient (Wildman–Crippen LogP) is 4.86. The van der Waals surface area contributed by atoms with Crippen LogP contribution in [0.25, 0.3) is 11.3 Å². The number of carbonyl (C=O) groups excluding carboxylic acids is 1. The first-order chi connectivity index (χ1) is 15.0. The van der Waals surface area contributed by atoms with Gasteiger partial charge in [-0.2, -0.15) is 0 Å². The topological polar surface area (TPSA) is 72.5 Å². The number of hydrogen-bond acceptors (Lipinski definition) is 6. The molecule has 0 saturated heterocycles. The molecule has 0 aliphatic heterocycles.